The van der Waals surface area contributed by atoms with Crippen LogP contribution >= 0.6 is 0 Å². The van der Waals surface area contributed by atoms with Gasteiger partial charge in [0.25, 0.3) is 0 Å². The Balaban J connectivity index is 0.00000128. The van der Waals surface area contributed by atoms with Gasteiger partial charge >= 0.3 is 29.6 Å². The van der Waals surface area contributed by atoms with Crippen LogP contribution in [0.2, 0.25) is 0 Å². The summed E-state index contributed by atoms with van der Waals surface area (Å²) in [6, 6.07) is 3.48. The summed E-state index contributed by atoms with van der Waals surface area (Å²) in [7, 11) is 0. The van der Waals surface area contributed by atoms with E-state index in [0.29, 0.717) is 5.82 Å². The Kier molecular flexibility index (Phi) is 4.60. The molecule has 7 heteroatoms. The van der Waals surface area contributed by atoms with E-state index in [9.17, 15) is 9.90 Å². The monoisotopic (exact) mass is 226 g/mol. The van der Waals surface area contributed by atoms with Gasteiger partial charge in [0.15, 0.2) is 5.82 Å². The largest absolute Gasteiger partial charge is 1.00 e. The molecule has 0 fully saturated rings. The van der Waals surface area contributed by atoms with Crippen molar-refractivity contribution in [2.75, 3.05) is 0 Å². The molecule has 0 atom stereocenters. The zero-order valence-corrected chi connectivity index (χ0v) is 10.7. The zero-order chi connectivity index (χ0) is 10.7. The van der Waals surface area contributed by atoms with Gasteiger partial charge in [0.05, 0.1) is 0 Å². The SMILES string of the molecule is O=C([O-])Cc1nc(-c2ccncc2)n[nH]1.[Na+]. The Bertz CT molecular complexity index is 471. The minimum Gasteiger partial charge on any atom is -0.550 e. The fraction of sp³-hybridized carbons (Fsp3) is 0.111. The topological polar surface area (TPSA) is 94.6 Å². The molecule has 0 unspecified atom stereocenters. The van der Waals surface area contributed by atoms with E-state index >= 15 is 0 Å². The van der Waals surface area contributed by atoms with E-state index in [1.54, 1.807) is 24.5 Å². The van der Waals surface area contributed by atoms with Crippen LogP contribution in [0.3, 0.4) is 0 Å². The van der Waals surface area contributed by atoms with Crippen molar-refractivity contribution >= 4 is 5.97 Å². The van der Waals surface area contributed by atoms with Crippen LogP contribution in [0.25, 0.3) is 11.4 Å². The van der Waals surface area contributed by atoms with E-state index in [0.717, 1.165) is 5.56 Å². The number of aromatic nitrogens is 4. The van der Waals surface area contributed by atoms with E-state index in [4.69, 9.17) is 0 Å². The second kappa shape index (κ2) is 5.74. The molecule has 16 heavy (non-hydrogen) atoms. The van der Waals surface area contributed by atoms with Gasteiger partial charge in [-0.15, -0.1) is 0 Å². The molecule has 6 nitrogen and oxygen atoms in total. The molecule has 0 bridgehead atoms. The molecule has 2 aromatic heterocycles. The Morgan fingerprint density at radius 1 is 1.38 bits per heavy atom. The Labute approximate surface area is 113 Å². The van der Waals surface area contributed by atoms with Crippen molar-refractivity contribution in [2.24, 2.45) is 0 Å². The third-order valence-electron chi connectivity index (χ3n) is 1.78. The molecule has 2 heterocycles. The number of carboxylic acids is 1. The number of rotatable bonds is 3. The third-order valence-corrected chi connectivity index (χ3v) is 1.78. The van der Waals surface area contributed by atoms with Gasteiger partial charge in [0.1, 0.15) is 5.82 Å². The molecule has 0 saturated carbocycles. The number of nitrogens with zero attached hydrogens (tertiary/aromatic N) is 3. The van der Waals surface area contributed by atoms with Crippen LogP contribution in [0.4, 0.5) is 0 Å². The Morgan fingerprint density at radius 3 is 2.69 bits per heavy atom. The van der Waals surface area contributed by atoms with E-state index < -0.39 is 5.97 Å². The number of hydrogen-bond acceptors (Lipinski definition) is 5. The van der Waals surface area contributed by atoms with E-state index in [1.807, 2.05) is 0 Å². The summed E-state index contributed by atoms with van der Waals surface area (Å²) in [5, 5.41) is 16.7. The summed E-state index contributed by atoms with van der Waals surface area (Å²) < 4.78 is 0. The average molecular weight is 226 g/mol. The molecule has 0 radical (unpaired) electrons. The predicted molar refractivity (Wildman–Crippen MR) is 48.3 cm³/mol. The van der Waals surface area contributed by atoms with Gasteiger partial charge in [-0.25, -0.2) is 4.98 Å². The van der Waals surface area contributed by atoms with Crippen molar-refractivity contribution in [2.45, 2.75) is 6.42 Å². The van der Waals surface area contributed by atoms with Gasteiger partial charge in [0.2, 0.25) is 0 Å². The molecule has 1 N–H and O–H groups in total. The van der Waals surface area contributed by atoms with Crippen LogP contribution in [-0.4, -0.2) is 26.1 Å². The maximum Gasteiger partial charge on any atom is 1.00 e. The molecule has 2 aromatic rings. The minimum absolute atomic E-state index is 0. The second-order valence-electron chi connectivity index (χ2n) is 2.89. The van der Waals surface area contributed by atoms with Crippen LogP contribution in [-0.2, 0) is 11.2 Å². The first-order valence-corrected chi connectivity index (χ1v) is 4.27. The normalized spacial score (nSPS) is 9.50. The van der Waals surface area contributed by atoms with Crippen molar-refractivity contribution in [3.63, 3.8) is 0 Å². The van der Waals surface area contributed by atoms with Crippen molar-refractivity contribution in [1.82, 2.24) is 20.2 Å². The van der Waals surface area contributed by atoms with Crippen LogP contribution in [0.15, 0.2) is 24.5 Å². The maximum absolute atomic E-state index is 10.3. The van der Waals surface area contributed by atoms with E-state index in [2.05, 4.69) is 20.2 Å². The van der Waals surface area contributed by atoms with E-state index in [1.165, 1.54) is 0 Å². The average Bonchev–Trinajstić information content (AvgIpc) is 2.67. The number of carboxylic acid groups (broad SMARTS) is 1. The molecule has 0 aromatic carbocycles. The Morgan fingerprint density at radius 2 is 2.06 bits per heavy atom. The number of nitrogens with one attached hydrogen (secondary N) is 1. The number of hydrogen-bond donors (Lipinski definition) is 1. The van der Waals surface area contributed by atoms with Gasteiger partial charge in [-0.3, -0.25) is 10.1 Å². The molecular weight excluding hydrogens is 219 g/mol. The fourth-order valence-corrected chi connectivity index (χ4v) is 1.14. The van der Waals surface area contributed by atoms with Crippen molar-refractivity contribution < 1.29 is 39.5 Å². The molecular formula is C9H7N4NaO2. The van der Waals surface area contributed by atoms with Gasteiger partial charge < -0.3 is 9.90 Å². The van der Waals surface area contributed by atoms with E-state index in [-0.39, 0.29) is 41.8 Å². The maximum atomic E-state index is 10.3. The van der Waals surface area contributed by atoms with Crippen LogP contribution < -0.4 is 34.7 Å². The number of aromatic amines is 1. The number of carbonyl (C=O) groups excluding carboxylic acids is 1. The van der Waals surface area contributed by atoms with Crippen LogP contribution in [0.1, 0.15) is 5.82 Å². The Hall–Kier alpha value is -1.24. The van der Waals surface area contributed by atoms with Gasteiger partial charge in [-0.05, 0) is 12.1 Å². The summed E-state index contributed by atoms with van der Waals surface area (Å²) in [6.07, 6.45) is 2.96. The van der Waals surface area contributed by atoms with Crippen LogP contribution in [0, 0.1) is 0 Å². The molecule has 0 aliphatic rings. The summed E-state index contributed by atoms with van der Waals surface area (Å²) in [4.78, 5) is 18.2. The molecule has 0 saturated heterocycles. The van der Waals surface area contributed by atoms with Gasteiger partial charge in [-0.1, -0.05) is 0 Å². The zero-order valence-electron chi connectivity index (χ0n) is 8.67. The first kappa shape index (κ1) is 12.8. The summed E-state index contributed by atoms with van der Waals surface area (Å²) in [5.74, 6) is -0.456. The standard InChI is InChI=1S/C9H8N4O2.Na/c14-8(15)5-7-11-9(13-12-7)6-1-3-10-4-2-6;/h1-4H,5H2,(H,14,15)(H,11,12,13);/q;+1/p-1. The molecule has 76 valence electrons. The quantitative estimate of drug-likeness (QED) is 0.541. The summed E-state index contributed by atoms with van der Waals surface area (Å²) in [5.41, 5.74) is 0.783. The first-order valence-electron chi connectivity index (χ1n) is 4.27. The first-order chi connectivity index (χ1) is 7.25. The second-order valence-corrected chi connectivity index (χ2v) is 2.89. The molecule has 0 aliphatic heterocycles. The summed E-state index contributed by atoms with van der Waals surface area (Å²) >= 11 is 0. The molecule has 2 rings (SSSR count). The van der Waals surface area contributed by atoms with Crippen LogP contribution in [0.5, 0.6) is 0 Å². The molecule has 0 spiro atoms. The molecule has 0 amide bonds. The van der Waals surface area contributed by atoms with Crippen molar-refractivity contribution in [3.8, 4) is 11.4 Å². The summed E-state index contributed by atoms with van der Waals surface area (Å²) in [6.45, 7) is 0. The fourth-order valence-electron chi connectivity index (χ4n) is 1.14. The number of carbonyl (C=O) groups is 1. The number of aliphatic carboxylic acids is 1. The number of pyridine rings is 1. The number of H-pyrrole nitrogens is 1. The predicted octanol–water partition coefficient (Wildman–Crippen LogP) is -3.84. The van der Waals surface area contributed by atoms with Gasteiger partial charge in [-0.2, -0.15) is 5.10 Å². The van der Waals surface area contributed by atoms with Crippen molar-refractivity contribution in [3.05, 3.63) is 30.4 Å². The molecule has 0 aliphatic carbocycles. The van der Waals surface area contributed by atoms with Crippen molar-refractivity contribution in [1.29, 1.82) is 0 Å². The smallest absolute Gasteiger partial charge is 0.550 e. The third kappa shape index (κ3) is 3.13. The minimum atomic E-state index is -1.19. The van der Waals surface area contributed by atoms with Gasteiger partial charge in [0, 0.05) is 30.3 Å².